The average Bonchev–Trinajstić information content (AvgIpc) is 3.32. The van der Waals surface area contributed by atoms with Gasteiger partial charge in [0.05, 0.1) is 23.2 Å². The Kier molecular flexibility index (Phi) is 6.95. The highest BCUT2D eigenvalue weighted by molar-refractivity contribution is 7.89. The van der Waals surface area contributed by atoms with Gasteiger partial charge in [0.2, 0.25) is 15.9 Å². The van der Waals surface area contributed by atoms with Crippen LogP contribution in [0, 0.1) is 0 Å². The molecule has 1 aromatic heterocycles. The molecule has 1 aliphatic rings. The van der Waals surface area contributed by atoms with Gasteiger partial charge in [-0.05, 0) is 47.7 Å². The molecule has 0 spiro atoms. The van der Waals surface area contributed by atoms with E-state index in [9.17, 15) is 13.2 Å². The zero-order valence-electron chi connectivity index (χ0n) is 19.1. The maximum atomic E-state index is 13.1. The molecular weight excluding hydrogens is 436 g/mol. The van der Waals surface area contributed by atoms with Crippen molar-refractivity contribution >= 4 is 15.9 Å². The van der Waals surface area contributed by atoms with Crippen LogP contribution in [0.2, 0.25) is 0 Å². The van der Waals surface area contributed by atoms with Crippen LogP contribution >= 0.6 is 0 Å². The second-order valence-corrected chi connectivity index (χ2v) is 10.4. The van der Waals surface area contributed by atoms with Gasteiger partial charge in [0.15, 0.2) is 0 Å². The van der Waals surface area contributed by atoms with Crippen LogP contribution in [-0.4, -0.2) is 59.5 Å². The van der Waals surface area contributed by atoms with Gasteiger partial charge in [0, 0.05) is 32.4 Å². The fourth-order valence-electron chi connectivity index (χ4n) is 3.99. The van der Waals surface area contributed by atoms with Crippen LogP contribution in [0.25, 0.3) is 5.69 Å². The van der Waals surface area contributed by atoms with Crippen molar-refractivity contribution in [1.29, 1.82) is 0 Å². The summed E-state index contributed by atoms with van der Waals surface area (Å²) in [6, 6.07) is 16.9. The molecule has 0 N–H and O–H groups in total. The lowest BCUT2D eigenvalue weighted by Gasteiger charge is -2.34. The Bertz CT molecular complexity index is 1180. The van der Waals surface area contributed by atoms with Gasteiger partial charge < -0.3 is 4.90 Å². The highest BCUT2D eigenvalue weighted by Crippen LogP contribution is 2.23. The molecule has 1 saturated heterocycles. The molecule has 3 aromatic rings. The number of sulfonamides is 1. The molecule has 33 heavy (non-hydrogen) atoms. The standard InChI is InChI=1S/C25H30N4O3S/c1-3-20(2)22-9-11-24(12-10-22)33(31,32)28-15-13-27(14-16-28)25(30)17-21-18-26-29(19-21)23-7-5-4-6-8-23/h4-12,18-20H,3,13-17H2,1-2H3. The fourth-order valence-corrected chi connectivity index (χ4v) is 5.41. The van der Waals surface area contributed by atoms with Crippen LogP contribution in [0.1, 0.15) is 37.3 Å². The maximum absolute atomic E-state index is 13.1. The molecule has 1 aliphatic heterocycles. The number of carbonyl (C=O) groups excluding carboxylic acids is 1. The smallest absolute Gasteiger partial charge is 0.243 e. The molecule has 1 atom stereocenters. The molecule has 2 aromatic carbocycles. The number of piperazine rings is 1. The van der Waals surface area contributed by atoms with E-state index in [-0.39, 0.29) is 12.3 Å². The molecule has 7 nitrogen and oxygen atoms in total. The molecule has 8 heteroatoms. The third kappa shape index (κ3) is 5.17. The van der Waals surface area contributed by atoms with E-state index in [1.165, 1.54) is 4.31 Å². The minimum atomic E-state index is -3.56. The number of carbonyl (C=O) groups is 1. The minimum Gasteiger partial charge on any atom is -0.340 e. The summed E-state index contributed by atoms with van der Waals surface area (Å²) in [5.41, 5.74) is 2.91. The fraction of sp³-hybridized carbons (Fsp3) is 0.360. The quantitative estimate of drug-likeness (QED) is 0.534. The Morgan fingerprint density at radius 3 is 2.30 bits per heavy atom. The molecule has 0 bridgehead atoms. The summed E-state index contributed by atoms with van der Waals surface area (Å²) in [6.07, 6.45) is 4.82. The normalized spacial score (nSPS) is 16.0. The summed E-state index contributed by atoms with van der Waals surface area (Å²) in [6.45, 7) is 5.61. The van der Waals surface area contributed by atoms with E-state index >= 15 is 0 Å². The number of rotatable bonds is 7. The van der Waals surface area contributed by atoms with Crippen LogP contribution in [-0.2, 0) is 21.2 Å². The van der Waals surface area contributed by atoms with E-state index in [1.54, 1.807) is 27.9 Å². The number of para-hydroxylation sites is 1. The molecule has 1 fully saturated rings. The number of benzene rings is 2. The second kappa shape index (κ2) is 9.89. The summed E-state index contributed by atoms with van der Waals surface area (Å²) < 4.78 is 29.3. The summed E-state index contributed by atoms with van der Waals surface area (Å²) in [5.74, 6) is 0.383. The lowest BCUT2D eigenvalue weighted by atomic mass is 9.99. The SMILES string of the molecule is CCC(C)c1ccc(S(=O)(=O)N2CCN(C(=O)Cc3cnn(-c4ccccc4)c3)CC2)cc1. The Hall–Kier alpha value is -2.97. The molecule has 0 radical (unpaired) electrons. The highest BCUT2D eigenvalue weighted by Gasteiger charge is 2.30. The third-order valence-corrected chi connectivity index (χ3v) is 8.22. The molecule has 4 rings (SSSR count). The van der Waals surface area contributed by atoms with Crippen molar-refractivity contribution < 1.29 is 13.2 Å². The number of aromatic nitrogens is 2. The predicted octanol–water partition coefficient (Wildman–Crippen LogP) is 3.46. The molecule has 0 saturated carbocycles. The first-order chi connectivity index (χ1) is 15.9. The van der Waals surface area contributed by atoms with Gasteiger partial charge in [0.1, 0.15) is 0 Å². The van der Waals surface area contributed by atoms with Gasteiger partial charge in [0.25, 0.3) is 0 Å². The van der Waals surface area contributed by atoms with Gasteiger partial charge >= 0.3 is 0 Å². The van der Waals surface area contributed by atoms with Crippen LogP contribution in [0.3, 0.4) is 0 Å². The third-order valence-electron chi connectivity index (χ3n) is 6.30. The summed E-state index contributed by atoms with van der Waals surface area (Å²) in [4.78, 5) is 14.8. The molecule has 1 amide bonds. The zero-order valence-corrected chi connectivity index (χ0v) is 19.9. The van der Waals surface area contributed by atoms with Crippen molar-refractivity contribution in [3.05, 3.63) is 78.1 Å². The molecular formula is C25H30N4O3S. The second-order valence-electron chi connectivity index (χ2n) is 8.47. The average molecular weight is 467 g/mol. The van der Waals surface area contributed by atoms with Crippen molar-refractivity contribution in [3.8, 4) is 5.69 Å². The first-order valence-corrected chi connectivity index (χ1v) is 12.8. The number of nitrogens with zero attached hydrogens (tertiary/aromatic N) is 4. The Morgan fingerprint density at radius 1 is 1.00 bits per heavy atom. The van der Waals surface area contributed by atoms with Gasteiger partial charge in [-0.1, -0.05) is 44.2 Å². The van der Waals surface area contributed by atoms with E-state index in [0.717, 1.165) is 23.2 Å². The van der Waals surface area contributed by atoms with Crippen molar-refractivity contribution in [2.24, 2.45) is 0 Å². The van der Waals surface area contributed by atoms with E-state index in [0.29, 0.717) is 37.0 Å². The van der Waals surface area contributed by atoms with Crippen LogP contribution in [0.15, 0.2) is 71.9 Å². The van der Waals surface area contributed by atoms with Gasteiger partial charge in [-0.15, -0.1) is 0 Å². The van der Waals surface area contributed by atoms with Crippen molar-refractivity contribution in [2.75, 3.05) is 26.2 Å². The predicted molar refractivity (Wildman–Crippen MR) is 128 cm³/mol. The van der Waals surface area contributed by atoms with Gasteiger partial charge in [-0.3, -0.25) is 4.79 Å². The maximum Gasteiger partial charge on any atom is 0.243 e. The monoisotopic (exact) mass is 466 g/mol. The van der Waals surface area contributed by atoms with Crippen LogP contribution in [0.5, 0.6) is 0 Å². The topological polar surface area (TPSA) is 75.5 Å². The minimum absolute atomic E-state index is 0.0161. The summed E-state index contributed by atoms with van der Waals surface area (Å²) in [7, 11) is -3.56. The number of hydrogen-bond donors (Lipinski definition) is 0. The van der Waals surface area contributed by atoms with E-state index < -0.39 is 10.0 Å². The number of amides is 1. The Morgan fingerprint density at radius 2 is 1.67 bits per heavy atom. The van der Waals surface area contributed by atoms with Crippen LogP contribution < -0.4 is 0 Å². The summed E-state index contributed by atoms with van der Waals surface area (Å²) >= 11 is 0. The zero-order chi connectivity index (χ0) is 23.4. The first kappa shape index (κ1) is 23.2. The Balaban J connectivity index is 1.34. The van der Waals surface area contributed by atoms with E-state index in [1.807, 2.05) is 48.7 Å². The largest absolute Gasteiger partial charge is 0.340 e. The molecule has 1 unspecified atom stereocenters. The lowest BCUT2D eigenvalue weighted by Crippen LogP contribution is -2.50. The van der Waals surface area contributed by atoms with Gasteiger partial charge in [-0.2, -0.15) is 9.40 Å². The van der Waals surface area contributed by atoms with Gasteiger partial charge in [-0.25, -0.2) is 13.1 Å². The van der Waals surface area contributed by atoms with E-state index in [4.69, 9.17) is 0 Å². The van der Waals surface area contributed by atoms with Crippen LogP contribution in [0.4, 0.5) is 0 Å². The first-order valence-electron chi connectivity index (χ1n) is 11.4. The van der Waals surface area contributed by atoms with Crippen molar-refractivity contribution in [2.45, 2.75) is 37.5 Å². The molecule has 2 heterocycles. The van der Waals surface area contributed by atoms with E-state index in [2.05, 4.69) is 18.9 Å². The Labute approximate surface area is 195 Å². The van der Waals surface area contributed by atoms with Crippen molar-refractivity contribution in [1.82, 2.24) is 19.0 Å². The lowest BCUT2D eigenvalue weighted by molar-refractivity contribution is -0.131. The molecule has 174 valence electrons. The molecule has 0 aliphatic carbocycles. The summed E-state index contributed by atoms with van der Waals surface area (Å²) in [5, 5.41) is 4.34. The highest BCUT2D eigenvalue weighted by atomic mass is 32.2. The van der Waals surface area contributed by atoms with Crippen molar-refractivity contribution in [3.63, 3.8) is 0 Å². The number of hydrogen-bond acceptors (Lipinski definition) is 4.